The van der Waals surface area contributed by atoms with Gasteiger partial charge in [-0.3, -0.25) is 4.98 Å². The lowest BCUT2D eigenvalue weighted by atomic mass is 9.96. The van der Waals surface area contributed by atoms with Crippen LogP contribution in [0.15, 0.2) is 54.7 Å². The van der Waals surface area contributed by atoms with Gasteiger partial charge in [-0.1, -0.05) is 36.4 Å². The highest BCUT2D eigenvalue weighted by atomic mass is 32.2. The Kier molecular flexibility index (Phi) is 5.70. The summed E-state index contributed by atoms with van der Waals surface area (Å²) in [6, 6.07) is 16.8. The van der Waals surface area contributed by atoms with Crippen molar-refractivity contribution in [3.63, 3.8) is 0 Å². The number of pyridine rings is 1. The number of hydrogen-bond acceptors (Lipinski definition) is 4. The van der Waals surface area contributed by atoms with Crippen molar-refractivity contribution in [3.05, 3.63) is 66.0 Å². The molecule has 0 spiro atoms. The zero-order valence-electron chi connectivity index (χ0n) is 13.6. The Balaban J connectivity index is 1.79. The lowest BCUT2D eigenvalue weighted by Crippen LogP contribution is -2.43. The molecule has 0 radical (unpaired) electrons. The Labute approximate surface area is 142 Å². The fourth-order valence-corrected chi connectivity index (χ4v) is 3.87. The van der Waals surface area contributed by atoms with Crippen LogP contribution in [0.2, 0.25) is 0 Å². The van der Waals surface area contributed by atoms with E-state index in [9.17, 15) is 0 Å². The van der Waals surface area contributed by atoms with Crippen LogP contribution in [0.3, 0.4) is 0 Å². The van der Waals surface area contributed by atoms with E-state index in [2.05, 4.69) is 59.0 Å². The minimum Gasteiger partial charge on any atom is -0.381 e. The molecule has 1 saturated heterocycles. The highest BCUT2D eigenvalue weighted by Crippen LogP contribution is 2.34. The van der Waals surface area contributed by atoms with Crippen LogP contribution in [0.5, 0.6) is 0 Å². The van der Waals surface area contributed by atoms with Crippen LogP contribution in [0.1, 0.15) is 30.1 Å². The first kappa shape index (κ1) is 16.5. The summed E-state index contributed by atoms with van der Waals surface area (Å²) >= 11 is 1.96. The molecule has 122 valence electrons. The molecule has 0 unspecified atom stereocenters. The fourth-order valence-electron chi connectivity index (χ4n) is 3.07. The second-order valence-electron chi connectivity index (χ2n) is 5.98. The van der Waals surface area contributed by atoms with Gasteiger partial charge in [0.1, 0.15) is 0 Å². The van der Waals surface area contributed by atoms with Crippen LogP contribution in [0.4, 0.5) is 0 Å². The average Bonchev–Trinajstić information content (AvgIpc) is 2.64. The normalized spacial score (nSPS) is 18.5. The number of aromatic nitrogens is 1. The SMILES string of the molecule is CSC1(CN[C@@H](c2ccccc2)c2ccccn2)CCOCC1. The number of nitrogens with zero attached hydrogens (tertiary/aromatic N) is 1. The van der Waals surface area contributed by atoms with Crippen molar-refractivity contribution in [1.82, 2.24) is 10.3 Å². The Bertz CT molecular complexity index is 545. The number of thioether (sulfide) groups is 1. The standard InChI is InChI=1S/C19H24N2OS/c1-23-19(10-13-22-14-11-19)15-21-18(16-7-3-2-4-8-16)17-9-5-6-12-20-17/h2-9,12,18,21H,10-11,13-15H2,1H3/t18-/m0/s1. The second kappa shape index (κ2) is 7.95. The number of nitrogens with one attached hydrogen (secondary N) is 1. The molecule has 3 nitrogen and oxygen atoms in total. The summed E-state index contributed by atoms with van der Waals surface area (Å²) < 4.78 is 5.81. The molecule has 1 fully saturated rings. The van der Waals surface area contributed by atoms with Crippen LogP contribution >= 0.6 is 11.8 Å². The first-order valence-corrected chi connectivity index (χ1v) is 9.38. The molecule has 1 aromatic heterocycles. The summed E-state index contributed by atoms with van der Waals surface area (Å²) in [6.07, 6.45) is 6.28. The summed E-state index contributed by atoms with van der Waals surface area (Å²) in [7, 11) is 0. The Morgan fingerprint density at radius 3 is 2.52 bits per heavy atom. The van der Waals surface area contributed by atoms with E-state index >= 15 is 0 Å². The third-order valence-corrected chi connectivity index (χ3v) is 6.00. The molecular formula is C19H24N2OS. The maximum atomic E-state index is 5.55. The third kappa shape index (κ3) is 4.14. The van der Waals surface area contributed by atoms with Crippen LogP contribution < -0.4 is 5.32 Å². The fraction of sp³-hybridized carbons (Fsp3) is 0.421. The summed E-state index contributed by atoms with van der Waals surface area (Å²) in [5.41, 5.74) is 2.33. The van der Waals surface area contributed by atoms with Crippen molar-refractivity contribution >= 4 is 11.8 Å². The lowest BCUT2D eigenvalue weighted by Gasteiger charge is -2.37. The number of benzene rings is 1. The zero-order chi connectivity index (χ0) is 16.0. The molecule has 2 aromatic rings. The summed E-state index contributed by atoms with van der Waals surface area (Å²) in [5.74, 6) is 0. The molecule has 0 bridgehead atoms. The molecule has 1 N–H and O–H groups in total. The first-order chi connectivity index (χ1) is 11.3. The van der Waals surface area contributed by atoms with E-state index in [0.29, 0.717) is 0 Å². The van der Waals surface area contributed by atoms with Gasteiger partial charge in [0, 0.05) is 30.7 Å². The second-order valence-corrected chi connectivity index (χ2v) is 7.25. The largest absolute Gasteiger partial charge is 0.381 e. The molecule has 0 saturated carbocycles. The van der Waals surface area contributed by atoms with Gasteiger partial charge < -0.3 is 10.1 Å². The predicted molar refractivity (Wildman–Crippen MR) is 96.8 cm³/mol. The molecule has 0 amide bonds. The van der Waals surface area contributed by atoms with Gasteiger partial charge in [-0.25, -0.2) is 0 Å². The summed E-state index contributed by atoms with van der Waals surface area (Å²) in [6.45, 7) is 2.69. The van der Waals surface area contributed by atoms with Crippen LogP contribution in [-0.4, -0.2) is 35.7 Å². The van der Waals surface area contributed by atoms with Gasteiger partial charge in [0.05, 0.1) is 11.7 Å². The van der Waals surface area contributed by atoms with E-state index < -0.39 is 0 Å². The topological polar surface area (TPSA) is 34.2 Å². The third-order valence-electron chi connectivity index (χ3n) is 4.58. The molecule has 0 aliphatic carbocycles. The minimum atomic E-state index is 0.129. The quantitative estimate of drug-likeness (QED) is 0.877. The Hall–Kier alpha value is -1.36. The molecule has 1 aliphatic heterocycles. The number of hydrogen-bond donors (Lipinski definition) is 1. The molecule has 23 heavy (non-hydrogen) atoms. The predicted octanol–water partition coefficient (Wildman–Crippen LogP) is 3.67. The smallest absolute Gasteiger partial charge is 0.0751 e. The molecule has 3 rings (SSSR count). The highest BCUT2D eigenvalue weighted by Gasteiger charge is 2.32. The van der Waals surface area contributed by atoms with E-state index in [0.717, 1.165) is 38.3 Å². The zero-order valence-corrected chi connectivity index (χ0v) is 14.4. The van der Waals surface area contributed by atoms with Gasteiger partial charge >= 0.3 is 0 Å². The van der Waals surface area contributed by atoms with Crippen molar-refractivity contribution in [2.45, 2.75) is 23.6 Å². The maximum absolute atomic E-state index is 5.55. The monoisotopic (exact) mass is 328 g/mol. The van der Waals surface area contributed by atoms with E-state index in [-0.39, 0.29) is 10.8 Å². The maximum Gasteiger partial charge on any atom is 0.0751 e. The van der Waals surface area contributed by atoms with Crippen LogP contribution in [0.25, 0.3) is 0 Å². The molecule has 1 aromatic carbocycles. The van der Waals surface area contributed by atoms with Gasteiger partial charge in [-0.2, -0.15) is 11.8 Å². The van der Waals surface area contributed by atoms with Crippen LogP contribution in [0, 0.1) is 0 Å². The van der Waals surface area contributed by atoms with Gasteiger partial charge in [-0.05, 0) is 36.8 Å². The Morgan fingerprint density at radius 2 is 1.87 bits per heavy atom. The molecule has 1 atom stereocenters. The van der Waals surface area contributed by atoms with Gasteiger partial charge in [0.2, 0.25) is 0 Å². The van der Waals surface area contributed by atoms with Crippen molar-refractivity contribution in [2.24, 2.45) is 0 Å². The van der Waals surface area contributed by atoms with E-state index in [1.54, 1.807) is 0 Å². The Morgan fingerprint density at radius 1 is 1.13 bits per heavy atom. The van der Waals surface area contributed by atoms with E-state index in [4.69, 9.17) is 4.74 Å². The minimum absolute atomic E-state index is 0.129. The summed E-state index contributed by atoms with van der Waals surface area (Å²) in [5, 5.41) is 3.77. The van der Waals surface area contributed by atoms with Gasteiger partial charge in [-0.15, -0.1) is 0 Å². The highest BCUT2D eigenvalue weighted by molar-refractivity contribution is 8.00. The number of ether oxygens (including phenoxy) is 1. The van der Waals surface area contributed by atoms with Crippen molar-refractivity contribution < 1.29 is 4.74 Å². The van der Waals surface area contributed by atoms with E-state index in [1.807, 2.05) is 24.0 Å². The average molecular weight is 328 g/mol. The van der Waals surface area contributed by atoms with Crippen LogP contribution in [-0.2, 0) is 4.74 Å². The molecule has 2 heterocycles. The lowest BCUT2D eigenvalue weighted by molar-refractivity contribution is 0.0768. The van der Waals surface area contributed by atoms with Gasteiger partial charge in [0.25, 0.3) is 0 Å². The molecule has 1 aliphatic rings. The summed E-state index contributed by atoms with van der Waals surface area (Å²) in [4.78, 5) is 4.57. The molecular weight excluding hydrogens is 304 g/mol. The molecule has 4 heteroatoms. The van der Waals surface area contributed by atoms with Crippen molar-refractivity contribution in [3.8, 4) is 0 Å². The van der Waals surface area contributed by atoms with Crippen molar-refractivity contribution in [1.29, 1.82) is 0 Å². The van der Waals surface area contributed by atoms with Gasteiger partial charge in [0.15, 0.2) is 0 Å². The van der Waals surface area contributed by atoms with E-state index in [1.165, 1.54) is 5.56 Å². The number of rotatable bonds is 6. The van der Waals surface area contributed by atoms with Crippen molar-refractivity contribution in [2.75, 3.05) is 26.0 Å². The first-order valence-electron chi connectivity index (χ1n) is 8.15.